The average molecular weight is 343 g/mol. The number of amides is 1. The van der Waals surface area contributed by atoms with E-state index in [2.05, 4.69) is 9.71 Å². The summed E-state index contributed by atoms with van der Waals surface area (Å²) in [5.41, 5.74) is -0.612. The molecule has 1 fully saturated rings. The molecule has 0 aliphatic carbocycles. The molecule has 128 valence electrons. The van der Waals surface area contributed by atoms with Crippen LogP contribution in [0, 0.1) is 6.92 Å². The van der Waals surface area contributed by atoms with Crippen molar-refractivity contribution in [3.63, 3.8) is 0 Å². The molecule has 0 saturated carbocycles. The molecule has 1 aliphatic heterocycles. The quantitative estimate of drug-likeness (QED) is 0.637. The third kappa shape index (κ3) is 4.47. The monoisotopic (exact) mass is 343 g/mol. The number of aliphatic hydroxyl groups is 2. The summed E-state index contributed by atoms with van der Waals surface area (Å²) in [6.45, 7) is 1.60. The van der Waals surface area contributed by atoms with Crippen molar-refractivity contribution in [3.8, 4) is 0 Å². The lowest BCUT2D eigenvalue weighted by Gasteiger charge is -2.41. The van der Waals surface area contributed by atoms with Crippen LogP contribution in [0.5, 0.6) is 0 Å². The van der Waals surface area contributed by atoms with Gasteiger partial charge in [-0.1, -0.05) is 6.07 Å². The first-order valence-electron chi connectivity index (χ1n) is 7.19. The van der Waals surface area contributed by atoms with Gasteiger partial charge in [0.05, 0.1) is 6.26 Å². The Hall–Kier alpha value is -1.55. The van der Waals surface area contributed by atoms with Crippen molar-refractivity contribution in [2.75, 3.05) is 25.9 Å². The second-order valence-electron chi connectivity index (χ2n) is 5.88. The molecular formula is C14H21N3O5S. The van der Waals surface area contributed by atoms with Gasteiger partial charge in [0.15, 0.2) is 0 Å². The minimum Gasteiger partial charge on any atom is -0.388 e. The molecule has 0 unspecified atom stereocenters. The fourth-order valence-corrected chi connectivity index (χ4v) is 2.95. The van der Waals surface area contributed by atoms with Crippen LogP contribution in [0.25, 0.3) is 0 Å². The zero-order valence-electron chi connectivity index (χ0n) is 13.1. The maximum absolute atomic E-state index is 12.4. The number of carbonyl (C=O) groups is 1. The van der Waals surface area contributed by atoms with E-state index in [4.69, 9.17) is 0 Å². The van der Waals surface area contributed by atoms with Crippen LogP contribution >= 0.6 is 0 Å². The van der Waals surface area contributed by atoms with Gasteiger partial charge in [-0.3, -0.25) is 4.79 Å². The number of aromatic nitrogens is 1. The summed E-state index contributed by atoms with van der Waals surface area (Å²) >= 11 is 0. The molecule has 0 radical (unpaired) electrons. The number of hydrogen-bond acceptors (Lipinski definition) is 6. The molecule has 1 amide bonds. The second kappa shape index (κ2) is 6.52. The van der Waals surface area contributed by atoms with Crippen molar-refractivity contribution in [1.29, 1.82) is 0 Å². The number of nitrogens with zero attached hydrogens (tertiary/aromatic N) is 2. The maximum atomic E-state index is 12.4. The molecule has 0 spiro atoms. The second-order valence-corrected chi connectivity index (χ2v) is 7.71. The lowest BCUT2D eigenvalue weighted by Crippen LogP contribution is -2.61. The van der Waals surface area contributed by atoms with Crippen molar-refractivity contribution in [3.05, 3.63) is 29.6 Å². The normalized spacial score (nSPS) is 25.4. The predicted octanol–water partition coefficient (Wildman–Crippen LogP) is -1.12. The van der Waals surface area contributed by atoms with E-state index < -0.39 is 21.7 Å². The van der Waals surface area contributed by atoms with Crippen LogP contribution in [0.1, 0.15) is 22.6 Å². The first-order chi connectivity index (χ1) is 10.6. The van der Waals surface area contributed by atoms with Crippen LogP contribution in [-0.4, -0.2) is 72.0 Å². The molecule has 3 N–H and O–H groups in total. The number of carbonyl (C=O) groups excluding carboxylic acids is 1. The Morgan fingerprint density at radius 2 is 2.22 bits per heavy atom. The van der Waals surface area contributed by atoms with Gasteiger partial charge in [-0.25, -0.2) is 18.1 Å². The highest BCUT2D eigenvalue weighted by atomic mass is 32.2. The lowest BCUT2D eigenvalue weighted by atomic mass is 9.88. The van der Waals surface area contributed by atoms with Gasteiger partial charge in [0.2, 0.25) is 10.0 Å². The minimum atomic E-state index is -3.47. The van der Waals surface area contributed by atoms with Crippen LogP contribution in [0.4, 0.5) is 0 Å². The summed E-state index contributed by atoms with van der Waals surface area (Å²) < 4.78 is 24.5. The first kappa shape index (κ1) is 17.8. The Morgan fingerprint density at radius 3 is 2.78 bits per heavy atom. The summed E-state index contributed by atoms with van der Waals surface area (Å²) in [6, 6.07) is 5.09. The molecular weight excluding hydrogens is 322 g/mol. The molecule has 0 aromatic carbocycles. The Bertz CT molecular complexity index is 693. The topological polar surface area (TPSA) is 120 Å². The summed E-state index contributed by atoms with van der Waals surface area (Å²) in [7, 11) is -3.47. The highest BCUT2D eigenvalue weighted by Gasteiger charge is 2.42. The number of likely N-dealkylation sites (tertiary alicyclic amines) is 1. The third-order valence-corrected chi connectivity index (χ3v) is 4.53. The Balaban J connectivity index is 2.04. The summed E-state index contributed by atoms with van der Waals surface area (Å²) in [5.74, 6) is -0.328. The van der Waals surface area contributed by atoms with Gasteiger partial charge in [-0.05, 0) is 25.5 Å². The predicted molar refractivity (Wildman–Crippen MR) is 83.3 cm³/mol. The van der Waals surface area contributed by atoms with Crippen molar-refractivity contribution in [1.82, 2.24) is 14.6 Å². The number of β-amino-alcohol motifs (C(OH)–C–C–N with tert-alkyl or cyclic N) is 1. The van der Waals surface area contributed by atoms with Crippen LogP contribution < -0.4 is 4.72 Å². The zero-order valence-corrected chi connectivity index (χ0v) is 13.9. The molecule has 8 nitrogen and oxygen atoms in total. The molecule has 2 rings (SSSR count). The van der Waals surface area contributed by atoms with Crippen molar-refractivity contribution < 1.29 is 23.4 Å². The number of rotatable bonds is 4. The van der Waals surface area contributed by atoms with Gasteiger partial charge in [0, 0.05) is 25.3 Å². The van der Waals surface area contributed by atoms with Crippen LogP contribution in [0.3, 0.4) is 0 Å². The van der Waals surface area contributed by atoms with Crippen LogP contribution in [-0.2, 0) is 10.0 Å². The highest BCUT2D eigenvalue weighted by Crippen LogP contribution is 2.23. The summed E-state index contributed by atoms with van der Waals surface area (Å²) in [5, 5.41) is 20.5. The van der Waals surface area contributed by atoms with Crippen LogP contribution in [0.15, 0.2) is 18.2 Å². The van der Waals surface area contributed by atoms with Gasteiger partial charge < -0.3 is 15.1 Å². The smallest absolute Gasteiger partial charge is 0.272 e. The van der Waals surface area contributed by atoms with E-state index in [1.807, 2.05) is 0 Å². The van der Waals surface area contributed by atoms with E-state index >= 15 is 0 Å². The zero-order chi connectivity index (χ0) is 17.3. The molecule has 2 heterocycles. The number of piperidine rings is 1. The number of aryl methyl sites for hydroxylation is 1. The Labute approximate surface area is 135 Å². The average Bonchev–Trinajstić information content (AvgIpc) is 2.47. The largest absolute Gasteiger partial charge is 0.388 e. The molecule has 1 aromatic rings. The van der Waals surface area contributed by atoms with Gasteiger partial charge in [-0.2, -0.15) is 0 Å². The number of nitrogens with one attached hydrogen (secondary N) is 1. The lowest BCUT2D eigenvalue weighted by molar-refractivity contribution is -0.107. The molecule has 1 aliphatic rings. The van der Waals surface area contributed by atoms with E-state index in [-0.39, 0.29) is 37.7 Å². The Kier molecular flexibility index (Phi) is 5.04. The van der Waals surface area contributed by atoms with Gasteiger partial charge in [-0.15, -0.1) is 0 Å². The van der Waals surface area contributed by atoms with Gasteiger partial charge in [0.1, 0.15) is 17.4 Å². The van der Waals surface area contributed by atoms with E-state index in [1.165, 1.54) is 4.90 Å². The number of aliphatic hydroxyl groups excluding tert-OH is 1. The van der Waals surface area contributed by atoms with E-state index in [0.29, 0.717) is 5.69 Å². The highest BCUT2D eigenvalue weighted by molar-refractivity contribution is 7.88. The summed E-state index contributed by atoms with van der Waals surface area (Å²) in [4.78, 5) is 17.9. The Morgan fingerprint density at radius 1 is 1.52 bits per heavy atom. The molecule has 23 heavy (non-hydrogen) atoms. The summed E-state index contributed by atoms with van der Waals surface area (Å²) in [6.07, 6.45) is -0.210. The number of sulfonamides is 1. The van der Waals surface area contributed by atoms with Crippen molar-refractivity contribution in [2.24, 2.45) is 0 Å². The number of hydrogen-bond donors (Lipinski definition) is 3. The van der Waals surface area contributed by atoms with Crippen LogP contribution in [0.2, 0.25) is 0 Å². The number of pyridine rings is 1. The van der Waals surface area contributed by atoms with E-state index in [9.17, 15) is 23.4 Å². The van der Waals surface area contributed by atoms with E-state index in [1.54, 1.807) is 25.1 Å². The minimum absolute atomic E-state index is 0.0637. The van der Waals surface area contributed by atoms with Gasteiger partial charge >= 0.3 is 0 Å². The van der Waals surface area contributed by atoms with E-state index in [0.717, 1.165) is 6.26 Å². The molecule has 1 aromatic heterocycles. The molecule has 2 atom stereocenters. The fourth-order valence-electron chi connectivity index (χ4n) is 2.44. The van der Waals surface area contributed by atoms with Crippen molar-refractivity contribution in [2.45, 2.75) is 25.0 Å². The SMILES string of the molecule is Cc1cccc(C(=O)N2CC[C@@](O)(CNS(C)(=O)=O)[C@H](O)C2)n1. The van der Waals surface area contributed by atoms with Crippen molar-refractivity contribution >= 4 is 15.9 Å². The first-order valence-corrected chi connectivity index (χ1v) is 9.08. The fraction of sp³-hybridized carbons (Fsp3) is 0.571. The van der Waals surface area contributed by atoms with Gasteiger partial charge in [0.25, 0.3) is 5.91 Å². The molecule has 9 heteroatoms. The standard InChI is InChI=1S/C14H21N3O5S/c1-10-4-3-5-11(16-10)13(19)17-7-6-14(20,12(18)8-17)9-15-23(2,21)22/h3-5,12,15,18,20H,6-9H2,1-2H3/t12-,14-/m1/s1. The molecule has 1 saturated heterocycles. The maximum Gasteiger partial charge on any atom is 0.272 e. The molecule has 0 bridgehead atoms. The third-order valence-electron chi connectivity index (χ3n) is 3.86.